The van der Waals surface area contributed by atoms with Gasteiger partial charge >= 0.3 is 5.69 Å². The molecule has 0 atom stereocenters. The zero-order valence-electron chi connectivity index (χ0n) is 10.4. The van der Waals surface area contributed by atoms with E-state index >= 15 is 0 Å². The van der Waals surface area contributed by atoms with Gasteiger partial charge in [0, 0.05) is 29.8 Å². The maximum atomic E-state index is 11.0. The number of nitrogens with zero attached hydrogens (tertiary/aromatic N) is 3. The fourth-order valence-electron chi connectivity index (χ4n) is 1.17. The maximum Gasteiger partial charge on any atom is 0.302 e. The number of aromatic nitrogens is 1. The molecule has 20 heavy (non-hydrogen) atoms. The van der Waals surface area contributed by atoms with Gasteiger partial charge in [-0.25, -0.2) is 13.4 Å². The van der Waals surface area contributed by atoms with Crippen LogP contribution in [-0.4, -0.2) is 47.1 Å². The Labute approximate surface area is 118 Å². The minimum atomic E-state index is -3.14. The highest BCUT2D eigenvalue weighted by Crippen LogP contribution is 2.27. The summed E-state index contributed by atoms with van der Waals surface area (Å²) in [6, 6.07) is 1.12. The van der Waals surface area contributed by atoms with Gasteiger partial charge in [-0.3, -0.25) is 10.1 Å². The van der Waals surface area contributed by atoms with Crippen LogP contribution < -0.4 is 5.73 Å². The van der Waals surface area contributed by atoms with Crippen LogP contribution in [0.4, 0.5) is 5.69 Å². The SMILES string of the molecule is CS(=O)(=O)CCSc1ncc(C(N)=NO)cc1[N+](=O)[O-]. The van der Waals surface area contributed by atoms with Crippen LogP contribution in [0.3, 0.4) is 0 Å². The normalized spacial score (nSPS) is 12.3. The largest absolute Gasteiger partial charge is 0.409 e. The number of amidine groups is 1. The molecule has 0 amide bonds. The first kappa shape index (κ1) is 16.2. The predicted octanol–water partition coefficient (Wildman–Crippen LogP) is 0.221. The molecule has 3 N–H and O–H groups in total. The molecule has 1 heterocycles. The quantitative estimate of drug-likeness (QED) is 0.189. The number of thioether (sulfide) groups is 1. The topological polar surface area (TPSA) is 149 Å². The molecule has 9 nitrogen and oxygen atoms in total. The Morgan fingerprint density at radius 3 is 2.80 bits per heavy atom. The van der Waals surface area contributed by atoms with Crippen molar-refractivity contribution < 1.29 is 18.5 Å². The minimum absolute atomic E-state index is 0.0770. The van der Waals surface area contributed by atoms with Crippen molar-refractivity contribution in [1.29, 1.82) is 0 Å². The fraction of sp³-hybridized carbons (Fsp3) is 0.333. The molecule has 0 unspecified atom stereocenters. The molecule has 110 valence electrons. The van der Waals surface area contributed by atoms with Gasteiger partial charge in [0.2, 0.25) is 0 Å². The summed E-state index contributed by atoms with van der Waals surface area (Å²) in [5, 5.41) is 22.3. The number of hydrogen-bond donors (Lipinski definition) is 2. The second-order valence-electron chi connectivity index (χ2n) is 3.77. The highest BCUT2D eigenvalue weighted by molar-refractivity contribution is 8.00. The van der Waals surface area contributed by atoms with E-state index in [0.29, 0.717) is 0 Å². The van der Waals surface area contributed by atoms with Gasteiger partial charge in [0.25, 0.3) is 0 Å². The van der Waals surface area contributed by atoms with E-state index in [-0.39, 0.29) is 33.6 Å². The number of sulfone groups is 1. The van der Waals surface area contributed by atoms with Crippen molar-refractivity contribution >= 4 is 33.1 Å². The molecule has 0 aliphatic heterocycles. The Hall–Kier alpha value is -1.88. The smallest absolute Gasteiger partial charge is 0.302 e. The van der Waals surface area contributed by atoms with Crippen LogP contribution in [0.1, 0.15) is 5.56 Å². The van der Waals surface area contributed by atoms with E-state index in [2.05, 4.69) is 10.1 Å². The zero-order valence-corrected chi connectivity index (χ0v) is 12.0. The molecule has 0 fully saturated rings. The molecule has 0 aliphatic rings. The highest BCUT2D eigenvalue weighted by Gasteiger charge is 2.18. The van der Waals surface area contributed by atoms with Gasteiger partial charge in [-0.15, -0.1) is 0 Å². The van der Waals surface area contributed by atoms with Crippen molar-refractivity contribution in [2.75, 3.05) is 17.8 Å². The third-order valence-corrected chi connectivity index (χ3v) is 4.33. The second kappa shape index (κ2) is 6.52. The van der Waals surface area contributed by atoms with E-state index in [4.69, 9.17) is 10.9 Å². The Morgan fingerprint density at radius 1 is 1.65 bits per heavy atom. The van der Waals surface area contributed by atoms with Crippen LogP contribution in [0.2, 0.25) is 0 Å². The molecule has 0 radical (unpaired) electrons. The molecular weight excluding hydrogens is 308 g/mol. The van der Waals surface area contributed by atoms with Gasteiger partial charge in [-0.05, 0) is 0 Å². The molecule has 0 aliphatic carbocycles. The van der Waals surface area contributed by atoms with Crippen LogP contribution in [0.15, 0.2) is 22.4 Å². The van der Waals surface area contributed by atoms with Gasteiger partial charge < -0.3 is 10.9 Å². The number of rotatable bonds is 6. The lowest BCUT2D eigenvalue weighted by Crippen LogP contribution is -2.14. The number of nitro groups is 1. The minimum Gasteiger partial charge on any atom is -0.409 e. The first-order valence-electron chi connectivity index (χ1n) is 5.17. The molecule has 0 spiro atoms. The van der Waals surface area contributed by atoms with Crippen molar-refractivity contribution in [3.05, 3.63) is 27.9 Å². The van der Waals surface area contributed by atoms with Gasteiger partial charge in [0.05, 0.1) is 10.7 Å². The van der Waals surface area contributed by atoms with E-state index in [1.807, 2.05) is 0 Å². The summed E-state index contributed by atoms with van der Waals surface area (Å²) in [7, 11) is -3.14. The van der Waals surface area contributed by atoms with Crippen molar-refractivity contribution in [2.24, 2.45) is 10.9 Å². The van der Waals surface area contributed by atoms with Gasteiger partial charge in [0.1, 0.15) is 9.84 Å². The lowest BCUT2D eigenvalue weighted by atomic mass is 10.2. The molecule has 1 rings (SSSR count). The molecule has 1 aromatic rings. The van der Waals surface area contributed by atoms with Crippen molar-refractivity contribution in [3.8, 4) is 0 Å². The summed E-state index contributed by atoms with van der Waals surface area (Å²) in [6.07, 6.45) is 2.29. The van der Waals surface area contributed by atoms with Gasteiger partial charge in [-0.2, -0.15) is 0 Å². The first-order valence-corrected chi connectivity index (χ1v) is 8.22. The van der Waals surface area contributed by atoms with E-state index in [1.54, 1.807) is 0 Å². The zero-order chi connectivity index (χ0) is 15.3. The average molecular weight is 320 g/mol. The van der Waals surface area contributed by atoms with Crippen LogP contribution in [-0.2, 0) is 9.84 Å². The van der Waals surface area contributed by atoms with Crippen molar-refractivity contribution in [2.45, 2.75) is 5.03 Å². The van der Waals surface area contributed by atoms with Crippen molar-refractivity contribution in [3.63, 3.8) is 0 Å². The predicted molar refractivity (Wildman–Crippen MR) is 73.8 cm³/mol. The summed E-state index contributed by atoms with van der Waals surface area (Å²) in [6.45, 7) is 0. The Balaban J connectivity index is 2.99. The lowest BCUT2D eigenvalue weighted by molar-refractivity contribution is -0.388. The number of nitrogens with two attached hydrogens (primary N) is 1. The Bertz CT molecular complexity index is 644. The third kappa shape index (κ3) is 4.66. The average Bonchev–Trinajstić information content (AvgIpc) is 2.36. The van der Waals surface area contributed by atoms with E-state index < -0.39 is 14.8 Å². The summed E-state index contributed by atoms with van der Waals surface area (Å²) < 4.78 is 22.0. The molecule has 11 heteroatoms. The van der Waals surface area contributed by atoms with Crippen molar-refractivity contribution in [1.82, 2.24) is 4.98 Å². The molecule has 0 saturated heterocycles. The summed E-state index contributed by atoms with van der Waals surface area (Å²) in [5.41, 5.74) is 5.10. The number of pyridine rings is 1. The highest BCUT2D eigenvalue weighted by atomic mass is 32.2. The Morgan fingerprint density at radius 2 is 2.30 bits per heavy atom. The molecule has 0 bridgehead atoms. The first-order chi connectivity index (χ1) is 9.24. The number of hydrogen-bond acceptors (Lipinski definition) is 8. The molecule has 1 aromatic heterocycles. The van der Waals surface area contributed by atoms with Crippen LogP contribution in [0.25, 0.3) is 0 Å². The fourth-order valence-corrected chi connectivity index (χ4v) is 3.32. The van der Waals surface area contributed by atoms with Gasteiger partial charge in [-0.1, -0.05) is 16.9 Å². The van der Waals surface area contributed by atoms with Gasteiger partial charge in [0.15, 0.2) is 10.9 Å². The molecular formula is C9H12N4O5S2. The van der Waals surface area contributed by atoms with E-state index in [9.17, 15) is 18.5 Å². The van der Waals surface area contributed by atoms with Crippen LogP contribution in [0.5, 0.6) is 0 Å². The summed E-state index contributed by atoms with van der Waals surface area (Å²) >= 11 is 0.955. The third-order valence-electron chi connectivity index (χ3n) is 2.13. The summed E-state index contributed by atoms with van der Waals surface area (Å²) in [5.74, 6) is -0.262. The molecule has 0 saturated carbocycles. The van der Waals surface area contributed by atoms with Crippen LogP contribution in [0, 0.1) is 10.1 Å². The number of oxime groups is 1. The monoisotopic (exact) mass is 320 g/mol. The second-order valence-corrected chi connectivity index (χ2v) is 7.11. The maximum absolute atomic E-state index is 11.0. The van der Waals surface area contributed by atoms with Crippen LogP contribution >= 0.6 is 11.8 Å². The summed E-state index contributed by atoms with van der Waals surface area (Å²) in [4.78, 5) is 14.1. The lowest BCUT2D eigenvalue weighted by Gasteiger charge is -2.04. The van der Waals surface area contributed by atoms with E-state index in [0.717, 1.165) is 24.1 Å². The molecule has 0 aromatic carbocycles. The van der Waals surface area contributed by atoms with E-state index in [1.165, 1.54) is 6.20 Å². The standard InChI is InChI=1S/C9H12N4O5S2/c1-20(17,18)3-2-19-9-7(13(15)16)4-6(5-11-9)8(10)12-14/h4-5,14H,2-3H2,1H3,(H2,10,12). The Kier molecular flexibility index (Phi) is 5.27.